The second-order valence-electron chi connectivity index (χ2n) is 6.48. The highest BCUT2D eigenvalue weighted by molar-refractivity contribution is 8.16. The van der Waals surface area contributed by atoms with Crippen molar-refractivity contribution in [1.29, 1.82) is 0 Å². The van der Waals surface area contributed by atoms with Gasteiger partial charge in [0.2, 0.25) is 5.78 Å². The molecule has 2 aromatic rings. The van der Waals surface area contributed by atoms with Gasteiger partial charge in [0.1, 0.15) is 17.2 Å². The zero-order chi connectivity index (χ0) is 19.8. The van der Waals surface area contributed by atoms with E-state index in [1.54, 1.807) is 12.1 Å². The van der Waals surface area contributed by atoms with Gasteiger partial charge in [-0.05, 0) is 41.7 Å². The molecule has 5 nitrogen and oxygen atoms in total. The average molecular weight is 417 g/mol. The summed E-state index contributed by atoms with van der Waals surface area (Å²) >= 11 is 3.71. The summed E-state index contributed by atoms with van der Waals surface area (Å²) in [6.45, 7) is 0. The fourth-order valence-electron chi connectivity index (χ4n) is 3.58. The van der Waals surface area contributed by atoms with Gasteiger partial charge in [0, 0.05) is 17.2 Å². The molecule has 146 valence electrons. The van der Waals surface area contributed by atoms with E-state index in [-0.39, 0.29) is 21.7 Å². The van der Waals surface area contributed by atoms with Crippen molar-refractivity contribution in [3.05, 3.63) is 52.1 Å². The van der Waals surface area contributed by atoms with Gasteiger partial charge in [-0.1, -0.05) is 0 Å². The number of benzene rings is 2. The van der Waals surface area contributed by atoms with Crippen molar-refractivity contribution in [2.75, 3.05) is 32.8 Å². The molecule has 0 unspecified atom stereocenters. The van der Waals surface area contributed by atoms with Crippen molar-refractivity contribution in [3.63, 3.8) is 0 Å². The smallest absolute Gasteiger partial charge is 0.201 e. The molecule has 2 aromatic carbocycles. The second-order valence-corrected chi connectivity index (χ2v) is 9.21. The Bertz CT molecular complexity index is 964. The summed E-state index contributed by atoms with van der Waals surface area (Å²) in [5.74, 6) is 2.91. The fourth-order valence-corrected chi connectivity index (χ4v) is 6.43. The molecule has 0 bridgehead atoms. The van der Waals surface area contributed by atoms with Crippen LogP contribution in [0.4, 0.5) is 0 Å². The highest BCUT2D eigenvalue weighted by Gasteiger charge is 2.36. The molecule has 7 heteroatoms. The largest absolute Gasteiger partial charge is 0.497 e. The van der Waals surface area contributed by atoms with E-state index >= 15 is 0 Å². The van der Waals surface area contributed by atoms with Gasteiger partial charge in [-0.2, -0.15) is 0 Å². The van der Waals surface area contributed by atoms with Gasteiger partial charge in [0.15, 0.2) is 5.78 Å². The quantitative estimate of drug-likeness (QED) is 0.626. The molecule has 1 aliphatic carbocycles. The third-order valence-corrected chi connectivity index (χ3v) is 7.93. The number of hydrogen-bond acceptors (Lipinski definition) is 7. The predicted molar refractivity (Wildman–Crippen MR) is 112 cm³/mol. The molecule has 0 spiro atoms. The first kappa shape index (κ1) is 19.2. The molecule has 0 N–H and O–H groups in total. The number of hydrogen-bond donors (Lipinski definition) is 0. The number of ether oxygens (including phenoxy) is 3. The summed E-state index contributed by atoms with van der Waals surface area (Å²) in [5, 5.41) is 0. The number of carbonyl (C=O) groups excluding carboxylic acids is 2. The van der Waals surface area contributed by atoms with Crippen LogP contribution in [0.15, 0.2) is 24.3 Å². The summed E-state index contributed by atoms with van der Waals surface area (Å²) < 4.78 is 16.4. The summed E-state index contributed by atoms with van der Waals surface area (Å²) in [6, 6.07) is 6.96. The van der Waals surface area contributed by atoms with E-state index in [4.69, 9.17) is 14.2 Å². The minimum atomic E-state index is -0.267. The number of rotatable bonds is 4. The van der Waals surface area contributed by atoms with Gasteiger partial charge in [0.05, 0.1) is 37.0 Å². The fraction of sp³-hybridized carbons (Fsp3) is 0.333. The highest BCUT2D eigenvalue weighted by atomic mass is 32.2. The molecule has 1 heterocycles. The number of carbonyl (C=O) groups is 2. The summed E-state index contributed by atoms with van der Waals surface area (Å²) in [7, 11) is 4.52. The van der Waals surface area contributed by atoms with Crippen LogP contribution in [0.5, 0.6) is 17.2 Å². The van der Waals surface area contributed by atoms with Crippen LogP contribution in [0.3, 0.4) is 0 Å². The lowest BCUT2D eigenvalue weighted by Gasteiger charge is -2.26. The zero-order valence-corrected chi connectivity index (χ0v) is 17.5. The van der Waals surface area contributed by atoms with E-state index in [2.05, 4.69) is 0 Å². The average Bonchev–Trinajstić information content (AvgIpc) is 2.76. The van der Waals surface area contributed by atoms with Crippen LogP contribution in [0.1, 0.15) is 48.4 Å². The third kappa shape index (κ3) is 3.06. The molecule has 0 aromatic heterocycles. The Balaban J connectivity index is 1.91. The van der Waals surface area contributed by atoms with Crippen molar-refractivity contribution in [2.24, 2.45) is 0 Å². The maximum atomic E-state index is 13.4. The Kier molecular flexibility index (Phi) is 5.29. The van der Waals surface area contributed by atoms with E-state index in [1.807, 2.05) is 35.7 Å². The summed E-state index contributed by atoms with van der Waals surface area (Å²) in [5.41, 5.74) is 2.25. The van der Waals surface area contributed by atoms with E-state index in [0.717, 1.165) is 17.1 Å². The molecule has 1 saturated heterocycles. The Hall–Kier alpha value is -2.12. The van der Waals surface area contributed by atoms with Gasteiger partial charge >= 0.3 is 0 Å². The Morgan fingerprint density at radius 2 is 1.39 bits per heavy atom. The normalized spacial score (nSPS) is 16.4. The van der Waals surface area contributed by atoms with Crippen LogP contribution in [0.2, 0.25) is 0 Å². The zero-order valence-electron chi connectivity index (χ0n) is 15.9. The van der Waals surface area contributed by atoms with E-state index < -0.39 is 0 Å². The Morgan fingerprint density at radius 1 is 0.786 bits per heavy atom. The van der Waals surface area contributed by atoms with Crippen LogP contribution in [-0.2, 0) is 0 Å². The maximum absolute atomic E-state index is 13.4. The minimum absolute atomic E-state index is 0.215. The molecule has 0 saturated carbocycles. The van der Waals surface area contributed by atoms with Gasteiger partial charge < -0.3 is 14.2 Å². The van der Waals surface area contributed by atoms with Crippen molar-refractivity contribution in [2.45, 2.75) is 11.0 Å². The third-order valence-electron chi connectivity index (χ3n) is 4.92. The van der Waals surface area contributed by atoms with Crippen LogP contribution in [0.25, 0.3) is 0 Å². The van der Waals surface area contributed by atoms with Gasteiger partial charge in [-0.3, -0.25) is 9.59 Å². The van der Waals surface area contributed by atoms with Gasteiger partial charge in [-0.25, -0.2) is 0 Å². The van der Waals surface area contributed by atoms with Crippen LogP contribution in [0, 0.1) is 0 Å². The molecule has 0 atom stereocenters. The van der Waals surface area contributed by atoms with Crippen molar-refractivity contribution < 1.29 is 23.8 Å². The van der Waals surface area contributed by atoms with Crippen molar-refractivity contribution in [3.8, 4) is 17.2 Å². The Labute approximate surface area is 172 Å². The van der Waals surface area contributed by atoms with E-state index in [0.29, 0.717) is 33.9 Å². The maximum Gasteiger partial charge on any atom is 0.201 e. The van der Waals surface area contributed by atoms with Crippen LogP contribution >= 0.6 is 23.5 Å². The SMILES string of the molecule is COc1cc(OC)c2c(c1)C(=O)c1cc(C3SCCCS3)cc(OC)c1C2=O. The first-order chi connectivity index (χ1) is 13.6. The first-order valence-corrected chi connectivity index (χ1v) is 11.0. The minimum Gasteiger partial charge on any atom is -0.497 e. The van der Waals surface area contributed by atoms with Crippen LogP contribution < -0.4 is 14.2 Å². The molecular weight excluding hydrogens is 396 g/mol. The molecule has 0 amide bonds. The van der Waals surface area contributed by atoms with Gasteiger partial charge in [-0.15, -0.1) is 23.5 Å². The lowest BCUT2D eigenvalue weighted by Crippen LogP contribution is -2.23. The van der Waals surface area contributed by atoms with Crippen LogP contribution in [-0.4, -0.2) is 44.4 Å². The second kappa shape index (κ2) is 7.72. The molecule has 1 fully saturated rings. The monoisotopic (exact) mass is 416 g/mol. The summed E-state index contributed by atoms with van der Waals surface area (Å²) in [6.07, 6.45) is 1.18. The van der Waals surface area contributed by atoms with E-state index in [1.165, 1.54) is 27.8 Å². The molecule has 4 rings (SSSR count). The highest BCUT2D eigenvalue weighted by Crippen LogP contribution is 2.47. The summed E-state index contributed by atoms with van der Waals surface area (Å²) in [4.78, 5) is 26.7. The van der Waals surface area contributed by atoms with Crippen molar-refractivity contribution in [1.82, 2.24) is 0 Å². The lowest BCUT2D eigenvalue weighted by molar-refractivity contribution is 0.0973. The first-order valence-electron chi connectivity index (χ1n) is 8.89. The van der Waals surface area contributed by atoms with E-state index in [9.17, 15) is 9.59 Å². The topological polar surface area (TPSA) is 61.8 Å². The molecule has 2 aliphatic rings. The Morgan fingerprint density at radius 3 is 2.00 bits per heavy atom. The number of thioether (sulfide) groups is 2. The predicted octanol–water partition coefficient (Wildman–Crippen LogP) is 4.36. The van der Waals surface area contributed by atoms with Crippen molar-refractivity contribution >= 4 is 35.1 Å². The number of ketones is 2. The lowest BCUT2D eigenvalue weighted by atomic mass is 9.82. The molecular formula is C21H20O5S2. The standard InChI is InChI=1S/C21H20O5S2/c1-24-12-9-14-18(16(10-12)26-3)20(23)17-13(19(14)22)7-11(8-15(17)25-2)21-27-5-4-6-28-21/h7-10,21H,4-6H2,1-3H3. The molecule has 1 aliphatic heterocycles. The van der Waals surface area contributed by atoms with Gasteiger partial charge in [0.25, 0.3) is 0 Å². The number of methoxy groups -OCH3 is 3. The molecule has 0 radical (unpaired) electrons. The molecule has 28 heavy (non-hydrogen) atoms. The number of fused-ring (bicyclic) bond motifs is 2.